The highest BCUT2D eigenvalue weighted by molar-refractivity contribution is 6.32. The lowest BCUT2D eigenvalue weighted by atomic mass is 9.76. The summed E-state index contributed by atoms with van der Waals surface area (Å²) in [4.78, 5) is 7.80. The molecule has 17 heavy (non-hydrogen) atoms. The predicted octanol–water partition coefficient (Wildman–Crippen LogP) is 4.13. The van der Waals surface area contributed by atoms with E-state index in [1.165, 1.54) is 6.20 Å². The molecule has 0 spiro atoms. The molecule has 1 aromatic heterocycles. The lowest BCUT2D eigenvalue weighted by Crippen LogP contribution is -2.28. The molecule has 1 aliphatic rings. The normalized spacial score (nSPS) is 20.2. The van der Waals surface area contributed by atoms with E-state index < -0.39 is 0 Å². The van der Waals surface area contributed by atoms with Crippen LogP contribution in [-0.2, 0) is 0 Å². The van der Waals surface area contributed by atoms with E-state index >= 15 is 0 Å². The number of aromatic nitrogens is 2. The van der Waals surface area contributed by atoms with Gasteiger partial charge in [0.15, 0.2) is 0 Å². The maximum absolute atomic E-state index is 5.96. The molecule has 1 heterocycles. The van der Waals surface area contributed by atoms with Crippen LogP contribution in [0.3, 0.4) is 0 Å². The van der Waals surface area contributed by atoms with Gasteiger partial charge in [-0.1, -0.05) is 25.4 Å². The van der Waals surface area contributed by atoms with Crippen LogP contribution >= 0.6 is 23.2 Å². The molecule has 1 saturated carbocycles. The van der Waals surface area contributed by atoms with E-state index in [0.29, 0.717) is 16.3 Å². The third-order valence-electron chi connectivity index (χ3n) is 3.25. The minimum absolute atomic E-state index is 0.167. The number of rotatable bonds is 2. The van der Waals surface area contributed by atoms with Crippen molar-refractivity contribution >= 4 is 23.2 Å². The highest BCUT2D eigenvalue weighted by atomic mass is 35.5. The Balaban J connectivity index is 2.00. The van der Waals surface area contributed by atoms with Gasteiger partial charge in [-0.25, -0.2) is 4.98 Å². The quantitative estimate of drug-likeness (QED) is 0.761. The van der Waals surface area contributed by atoms with Crippen LogP contribution in [0.15, 0.2) is 6.20 Å². The fourth-order valence-electron chi connectivity index (χ4n) is 2.06. The first kappa shape index (κ1) is 12.9. The topological polar surface area (TPSA) is 35.0 Å². The number of halogens is 2. The number of ether oxygens (including phenoxy) is 1. The van der Waals surface area contributed by atoms with Crippen LogP contribution < -0.4 is 4.74 Å². The first-order chi connectivity index (χ1) is 7.96. The van der Waals surface area contributed by atoms with Crippen LogP contribution in [0.4, 0.5) is 0 Å². The highest BCUT2D eigenvalue weighted by Crippen LogP contribution is 2.37. The van der Waals surface area contributed by atoms with Gasteiger partial charge in [0.1, 0.15) is 11.1 Å². The molecule has 3 nitrogen and oxygen atoms in total. The van der Waals surface area contributed by atoms with E-state index in [2.05, 4.69) is 23.8 Å². The maximum atomic E-state index is 5.96. The van der Waals surface area contributed by atoms with Gasteiger partial charge < -0.3 is 4.74 Å². The van der Waals surface area contributed by atoms with Gasteiger partial charge in [-0.2, -0.15) is 4.98 Å². The average Bonchev–Trinajstić information content (AvgIpc) is 2.26. The Labute approximate surface area is 112 Å². The molecule has 0 bridgehead atoms. The second-order valence-electron chi connectivity index (χ2n) is 5.27. The van der Waals surface area contributed by atoms with Crippen molar-refractivity contribution < 1.29 is 4.74 Å². The molecule has 1 aliphatic carbocycles. The van der Waals surface area contributed by atoms with Crippen molar-refractivity contribution in [3.63, 3.8) is 0 Å². The SMILES string of the molecule is CC1(C)CCC(Oc2nc(Cl)ncc2Cl)CC1. The average molecular weight is 275 g/mol. The van der Waals surface area contributed by atoms with E-state index in [9.17, 15) is 0 Å². The summed E-state index contributed by atoms with van der Waals surface area (Å²) in [7, 11) is 0. The molecule has 5 heteroatoms. The summed E-state index contributed by atoms with van der Waals surface area (Å²) in [5, 5.41) is 0.583. The van der Waals surface area contributed by atoms with Gasteiger partial charge in [0.05, 0.1) is 6.20 Å². The Bertz CT molecular complexity index is 399. The molecule has 0 amide bonds. The summed E-state index contributed by atoms with van der Waals surface area (Å²) in [6.45, 7) is 4.58. The van der Waals surface area contributed by atoms with Crippen LogP contribution in [0.1, 0.15) is 39.5 Å². The molecule has 0 aliphatic heterocycles. The van der Waals surface area contributed by atoms with Crippen molar-refractivity contribution in [3.8, 4) is 5.88 Å². The zero-order chi connectivity index (χ0) is 12.5. The summed E-state index contributed by atoms with van der Waals surface area (Å²) >= 11 is 11.7. The van der Waals surface area contributed by atoms with Gasteiger partial charge in [-0.3, -0.25) is 0 Å². The summed E-state index contributed by atoms with van der Waals surface area (Å²) in [5.41, 5.74) is 0.424. The molecule has 0 aromatic carbocycles. The Morgan fingerprint density at radius 2 is 1.94 bits per heavy atom. The summed E-state index contributed by atoms with van der Waals surface area (Å²) < 4.78 is 5.79. The first-order valence-corrected chi connectivity index (χ1v) is 6.57. The van der Waals surface area contributed by atoms with E-state index in [-0.39, 0.29) is 11.4 Å². The summed E-state index contributed by atoms with van der Waals surface area (Å²) in [6, 6.07) is 0. The highest BCUT2D eigenvalue weighted by Gasteiger charge is 2.28. The Kier molecular flexibility index (Phi) is 3.79. The van der Waals surface area contributed by atoms with Gasteiger partial charge in [0, 0.05) is 0 Å². The third-order valence-corrected chi connectivity index (χ3v) is 3.69. The molecule has 1 fully saturated rings. The lowest BCUT2D eigenvalue weighted by Gasteiger charge is -2.34. The summed E-state index contributed by atoms with van der Waals surface area (Å²) in [6.07, 6.45) is 6.04. The van der Waals surface area contributed by atoms with Crippen molar-refractivity contribution in [1.82, 2.24) is 9.97 Å². The van der Waals surface area contributed by atoms with Crippen molar-refractivity contribution in [2.45, 2.75) is 45.6 Å². The fraction of sp³-hybridized carbons (Fsp3) is 0.667. The number of nitrogens with zero attached hydrogens (tertiary/aromatic N) is 2. The lowest BCUT2D eigenvalue weighted by molar-refractivity contribution is 0.0949. The van der Waals surface area contributed by atoms with Crippen molar-refractivity contribution in [2.75, 3.05) is 0 Å². The predicted molar refractivity (Wildman–Crippen MR) is 68.7 cm³/mol. The third kappa shape index (κ3) is 3.46. The molecule has 1 aromatic rings. The molecular weight excluding hydrogens is 259 g/mol. The molecule has 0 saturated heterocycles. The van der Waals surface area contributed by atoms with Crippen LogP contribution in [-0.4, -0.2) is 16.1 Å². The van der Waals surface area contributed by atoms with E-state index in [1.807, 2.05) is 0 Å². The standard InChI is InChI=1S/C12H16Cl2N2O/c1-12(2)5-3-8(4-6-12)17-10-9(13)7-15-11(14)16-10/h7-8H,3-6H2,1-2H3. The Morgan fingerprint density at radius 3 is 2.59 bits per heavy atom. The van der Waals surface area contributed by atoms with Gasteiger partial charge in [0.25, 0.3) is 0 Å². The minimum atomic E-state index is 0.167. The van der Waals surface area contributed by atoms with Crippen LogP contribution in [0.25, 0.3) is 0 Å². The van der Waals surface area contributed by atoms with Gasteiger partial charge >= 0.3 is 0 Å². The van der Waals surface area contributed by atoms with Crippen molar-refractivity contribution in [2.24, 2.45) is 5.41 Å². The van der Waals surface area contributed by atoms with Crippen molar-refractivity contribution in [3.05, 3.63) is 16.5 Å². The monoisotopic (exact) mass is 274 g/mol. The molecule has 94 valence electrons. The molecule has 2 rings (SSSR count). The van der Waals surface area contributed by atoms with E-state index in [1.54, 1.807) is 0 Å². The van der Waals surface area contributed by atoms with Crippen LogP contribution in [0.5, 0.6) is 5.88 Å². The molecular formula is C12H16Cl2N2O. The minimum Gasteiger partial charge on any atom is -0.473 e. The van der Waals surface area contributed by atoms with Gasteiger partial charge in [0.2, 0.25) is 11.2 Å². The van der Waals surface area contributed by atoms with Crippen molar-refractivity contribution in [1.29, 1.82) is 0 Å². The smallest absolute Gasteiger partial charge is 0.237 e. The first-order valence-electron chi connectivity index (χ1n) is 5.81. The van der Waals surface area contributed by atoms with Crippen LogP contribution in [0, 0.1) is 5.41 Å². The molecule has 0 atom stereocenters. The Hall–Kier alpha value is -0.540. The zero-order valence-corrected chi connectivity index (χ0v) is 11.6. The number of hydrogen-bond donors (Lipinski definition) is 0. The maximum Gasteiger partial charge on any atom is 0.237 e. The second kappa shape index (κ2) is 4.99. The van der Waals surface area contributed by atoms with Gasteiger partial charge in [-0.05, 0) is 42.7 Å². The van der Waals surface area contributed by atoms with E-state index in [0.717, 1.165) is 25.7 Å². The molecule has 0 radical (unpaired) electrons. The van der Waals surface area contributed by atoms with Crippen LogP contribution in [0.2, 0.25) is 10.3 Å². The summed E-state index contributed by atoms with van der Waals surface area (Å²) in [5.74, 6) is 0.399. The zero-order valence-electron chi connectivity index (χ0n) is 10.0. The fourth-order valence-corrected chi connectivity index (χ4v) is 2.32. The second-order valence-corrected chi connectivity index (χ2v) is 6.02. The van der Waals surface area contributed by atoms with Gasteiger partial charge in [-0.15, -0.1) is 0 Å². The largest absolute Gasteiger partial charge is 0.473 e. The molecule has 0 N–H and O–H groups in total. The molecule has 0 unspecified atom stereocenters. The van der Waals surface area contributed by atoms with E-state index in [4.69, 9.17) is 27.9 Å². The number of hydrogen-bond acceptors (Lipinski definition) is 3. The Morgan fingerprint density at radius 1 is 1.29 bits per heavy atom.